The molecule has 5 rings (SSSR count). The van der Waals surface area contributed by atoms with E-state index in [2.05, 4.69) is 15.0 Å². The number of aromatic nitrogens is 1. The van der Waals surface area contributed by atoms with Crippen molar-refractivity contribution in [1.82, 2.24) is 10.3 Å². The molecule has 44 heavy (non-hydrogen) atoms. The lowest BCUT2D eigenvalue weighted by Crippen LogP contribution is -2.46. The van der Waals surface area contributed by atoms with Gasteiger partial charge in [0, 0.05) is 35.7 Å². The van der Waals surface area contributed by atoms with Gasteiger partial charge in [0.1, 0.15) is 41.6 Å². The zero-order valence-electron chi connectivity index (χ0n) is 23.2. The number of pyridine rings is 1. The molecule has 3 heterocycles. The molecule has 3 aromatic rings. The van der Waals surface area contributed by atoms with Crippen molar-refractivity contribution >= 4 is 29.4 Å². The summed E-state index contributed by atoms with van der Waals surface area (Å²) in [5.41, 5.74) is -0.653. The first-order valence-electron chi connectivity index (χ1n) is 13.2. The Labute approximate surface area is 247 Å². The molecule has 0 saturated carbocycles. The monoisotopic (exact) mass is 620 g/mol. The molecule has 1 unspecified atom stereocenters. The molecule has 3 atom stereocenters. The Morgan fingerprint density at radius 3 is 2.30 bits per heavy atom. The molecule has 0 aliphatic carbocycles. The third kappa shape index (κ3) is 6.13. The van der Waals surface area contributed by atoms with Crippen molar-refractivity contribution < 1.29 is 50.5 Å². The smallest absolute Gasteiger partial charge is 0.387 e. The van der Waals surface area contributed by atoms with Crippen LogP contribution in [0.2, 0.25) is 0 Å². The van der Waals surface area contributed by atoms with E-state index >= 15 is 13.2 Å². The zero-order chi connectivity index (χ0) is 31.7. The quantitative estimate of drug-likeness (QED) is 0.382. The molecule has 2 aromatic carbocycles. The molecule has 0 spiro atoms. The maximum absolute atomic E-state index is 15.3. The van der Waals surface area contributed by atoms with Gasteiger partial charge in [0.2, 0.25) is 0 Å². The van der Waals surface area contributed by atoms with E-state index in [0.717, 1.165) is 47.4 Å². The van der Waals surface area contributed by atoms with Crippen LogP contribution in [0.1, 0.15) is 28.8 Å². The molecule has 15 heteroatoms. The van der Waals surface area contributed by atoms with E-state index in [1.54, 1.807) is 6.92 Å². The summed E-state index contributed by atoms with van der Waals surface area (Å²) in [7, 11) is 1.21. The number of nitrogens with zero attached hydrogens (tertiary/aromatic N) is 3. The maximum atomic E-state index is 15.3. The highest BCUT2D eigenvalue weighted by molar-refractivity contribution is 6.05. The van der Waals surface area contributed by atoms with Crippen LogP contribution in [-0.2, 0) is 14.3 Å². The van der Waals surface area contributed by atoms with Gasteiger partial charge in [-0.15, -0.1) is 0 Å². The predicted octanol–water partition coefficient (Wildman–Crippen LogP) is 3.79. The minimum Gasteiger partial charge on any atom is -0.497 e. The summed E-state index contributed by atoms with van der Waals surface area (Å²) in [5.74, 6) is -7.65. The van der Waals surface area contributed by atoms with E-state index in [0.29, 0.717) is 0 Å². The number of carbonyl (C=O) groups is 3. The lowest BCUT2D eigenvalue weighted by Gasteiger charge is -2.30. The number of carbonyl (C=O) groups excluding carboxylic acids is 3. The Balaban J connectivity index is 1.51. The topological polar surface area (TPSA) is 110 Å². The first kappa shape index (κ1) is 30.7. The Kier molecular flexibility index (Phi) is 8.67. The molecule has 1 N–H and O–H groups in total. The van der Waals surface area contributed by atoms with Crippen LogP contribution in [0, 0.1) is 17.5 Å². The second-order valence-corrected chi connectivity index (χ2v) is 10.0. The fraction of sp³-hybridized carbons (Fsp3) is 0.310. The molecule has 3 amide bonds. The number of halogens is 5. The molecule has 2 aliphatic rings. The van der Waals surface area contributed by atoms with Crippen molar-refractivity contribution in [3.05, 3.63) is 77.1 Å². The van der Waals surface area contributed by atoms with Crippen LogP contribution < -0.4 is 24.6 Å². The van der Waals surface area contributed by atoms with E-state index in [9.17, 15) is 23.2 Å². The van der Waals surface area contributed by atoms with Gasteiger partial charge in [-0.2, -0.15) is 8.78 Å². The lowest BCUT2D eigenvalue weighted by molar-refractivity contribution is -0.128. The number of ether oxygens (including phenoxy) is 3. The number of anilines is 2. The van der Waals surface area contributed by atoms with Gasteiger partial charge < -0.3 is 19.5 Å². The third-order valence-corrected chi connectivity index (χ3v) is 7.18. The third-order valence-electron chi connectivity index (χ3n) is 7.18. The highest BCUT2D eigenvalue weighted by Crippen LogP contribution is 2.37. The maximum Gasteiger partial charge on any atom is 0.387 e. The molecule has 0 bridgehead atoms. The van der Waals surface area contributed by atoms with E-state index < -0.39 is 71.7 Å². The molecular formula is C29H25F5N4O6. The van der Waals surface area contributed by atoms with Crippen LogP contribution in [0.5, 0.6) is 11.5 Å². The van der Waals surface area contributed by atoms with Gasteiger partial charge in [-0.3, -0.25) is 24.2 Å². The van der Waals surface area contributed by atoms with Gasteiger partial charge in [-0.05, 0) is 43.3 Å². The van der Waals surface area contributed by atoms with E-state index in [1.165, 1.54) is 18.1 Å². The molecule has 2 aliphatic heterocycles. The van der Waals surface area contributed by atoms with Crippen LogP contribution in [0.25, 0.3) is 0 Å². The fourth-order valence-electron chi connectivity index (χ4n) is 5.07. The van der Waals surface area contributed by atoms with Crippen molar-refractivity contribution in [2.24, 2.45) is 0 Å². The highest BCUT2D eigenvalue weighted by Gasteiger charge is 2.46. The molecular weight excluding hydrogens is 595 g/mol. The Bertz CT molecular complexity index is 1570. The number of hydrogen-bond donors (Lipinski definition) is 1. The molecule has 232 valence electrons. The van der Waals surface area contributed by atoms with Gasteiger partial charge in [-0.25, -0.2) is 18.2 Å². The second kappa shape index (κ2) is 12.4. The first-order valence-corrected chi connectivity index (χ1v) is 13.2. The van der Waals surface area contributed by atoms with Gasteiger partial charge in [0.05, 0.1) is 19.8 Å². The zero-order valence-corrected chi connectivity index (χ0v) is 23.2. The molecule has 2 fully saturated rings. The van der Waals surface area contributed by atoms with Gasteiger partial charge in [0.25, 0.3) is 17.7 Å². The Hall–Kier alpha value is -4.79. The number of hydrogen-bond acceptors (Lipinski definition) is 7. The van der Waals surface area contributed by atoms with E-state index in [-0.39, 0.29) is 42.1 Å². The number of morpholine rings is 1. The van der Waals surface area contributed by atoms with Crippen LogP contribution >= 0.6 is 0 Å². The molecule has 2 saturated heterocycles. The summed E-state index contributed by atoms with van der Waals surface area (Å²) in [5, 5.41) is 2.43. The van der Waals surface area contributed by atoms with Crippen molar-refractivity contribution in [1.29, 1.82) is 0 Å². The van der Waals surface area contributed by atoms with Gasteiger partial charge >= 0.3 is 6.61 Å². The summed E-state index contributed by atoms with van der Waals surface area (Å²) in [6, 6.07) is 6.93. The highest BCUT2D eigenvalue weighted by atomic mass is 19.3. The van der Waals surface area contributed by atoms with Gasteiger partial charge in [-0.1, -0.05) is 0 Å². The number of rotatable bonds is 8. The van der Waals surface area contributed by atoms with Crippen molar-refractivity contribution in [2.75, 3.05) is 36.6 Å². The number of alkyl halides is 2. The average molecular weight is 621 g/mol. The van der Waals surface area contributed by atoms with Crippen molar-refractivity contribution in [3.63, 3.8) is 0 Å². The standard InChI is InChI=1S/C29H25F5N4O6/c1-14-11-37(23(39)13-43-14)22-8-7-19(30)26(35-22)38-12-18(24-20(31)9-17(42-2)10-21(24)32)25(28(38)41)36-27(40)15-3-5-16(6-4-15)44-29(33)34/h3-10,14,18,25,29H,11-13H2,1-2H3,(H,36,40)/t14?,18-,25-/m0/s1. The van der Waals surface area contributed by atoms with Crippen LogP contribution in [-0.4, -0.2) is 68.3 Å². The predicted molar refractivity (Wildman–Crippen MR) is 144 cm³/mol. The average Bonchev–Trinajstić information content (AvgIpc) is 3.29. The molecule has 1 aromatic heterocycles. The number of benzene rings is 2. The normalized spacial score (nSPS) is 20.3. The minimum absolute atomic E-state index is 0.0197. The minimum atomic E-state index is -3.09. The van der Waals surface area contributed by atoms with E-state index in [1.807, 2.05) is 0 Å². The second-order valence-electron chi connectivity index (χ2n) is 10.0. The SMILES string of the molecule is COc1cc(F)c([C@@H]2CN(c3nc(N4CC(C)OCC4=O)ccc3F)C(=O)[C@H]2NC(=O)c2ccc(OC(F)F)cc2)c(F)c1. The van der Waals surface area contributed by atoms with Gasteiger partial charge in [0.15, 0.2) is 11.6 Å². The summed E-state index contributed by atoms with van der Waals surface area (Å²) in [6.45, 7) is -2.01. The first-order chi connectivity index (χ1) is 21.0. The van der Waals surface area contributed by atoms with Crippen LogP contribution in [0.15, 0.2) is 48.5 Å². The van der Waals surface area contributed by atoms with Crippen molar-refractivity contribution in [3.8, 4) is 11.5 Å². The number of nitrogens with one attached hydrogen (secondary N) is 1. The van der Waals surface area contributed by atoms with E-state index in [4.69, 9.17) is 9.47 Å². The summed E-state index contributed by atoms with van der Waals surface area (Å²) in [4.78, 5) is 45.7. The summed E-state index contributed by atoms with van der Waals surface area (Å²) < 4.78 is 85.3. The fourth-order valence-corrected chi connectivity index (χ4v) is 5.07. The number of amides is 3. The summed E-state index contributed by atoms with van der Waals surface area (Å²) in [6.07, 6.45) is -0.350. The largest absolute Gasteiger partial charge is 0.497 e. The molecule has 10 nitrogen and oxygen atoms in total. The number of methoxy groups -OCH3 is 1. The van der Waals surface area contributed by atoms with Crippen LogP contribution in [0.4, 0.5) is 33.6 Å². The van der Waals surface area contributed by atoms with Crippen LogP contribution in [0.3, 0.4) is 0 Å². The Morgan fingerprint density at radius 1 is 0.977 bits per heavy atom. The summed E-state index contributed by atoms with van der Waals surface area (Å²) >= 11 is 0. The Morgan fingerprint density at radius 2 is 1.66 bits per heavy atom. The van der Waals surface area contributed by atoms with Crippen molar-refractivity contribution in [2.45, 2.75) is 31.6 Å². The lowest BCUT2D eigenvalue weighted by atomic mass is 9.92. The molecule has 0 radical (unpaired) electrons.